The summed E-state index contributed by atoms with van der Waals surface area (Å²) in [5.41, 5.74) is 0.862. The Bertz CT molecular complexity index is 947. The van der Waals surface area contributed by atoms with Crippen molar-refractivity contribution in [3.63, 3.8) is 0 Å². The zero-order valence-corrected chi connectivity index (χ0v) is 16.5. The third kappa shape index (κ3) is 5.06. The van der Waals surface area contributed by atoms with Gasteiger partial charge in [-0.15, -0.1) is 0 Å². The van der Waals surface area contributed by atoms with Gasteiger partial charge < -0.3 is 10.1 Å². The summed E-state index contributed by atoms with van der Waals surface area (Å²) >= 11 is 6.11. The number of hydrogen-bond acceptors (Lipinski definition) is 5. The Morgan fingerprint density at radius 3 is 2.33 bits per heavy atom. The number of esters is 1. The highest BCUT2D eigenvalue weighted by atomic mass is 35.5. The van der Waals surface area contributed by atoms with Gasteiger partial charge in [0.25, 0.3) is 0 Å². The number of nitrogens with zero attached hydrogens (tertiary/aromatic N) is 1. The maximum atomic E-state index is 12.9. The number of methoxy groups -OCH3 is 1. The molecule has 0 saturated heterocycles. The molecule has 9 heteroatoms. The maximum Gasteiger partial charge on any atom is 0.337 e. The van der Waals surface area contributed by atoms with E-state index < -0.39 is 27.9 Å². The van der Waals surface area contributed by atoms with Crippen LogP contribution in [-0.4, -0.2) is 45.0 Å². The van der Waals surface area contributed by atoms with Crippen LogP contribution in [-0.2, 0) is 19.6 Å². The molecule has 2 rings (SSSR count). The lowest BCUT2D eigenvalue weighted by molar-refractivity contribution is -0.119. The second-order valence-corrected chi connectivity index (χ2v) is 8.22. The Balaban J connectivity index is 2.41. The molecule has 27 heavy (non-hydrogen) atoms. The van der Waals surface area contributed by atoms with Crippen molar-refractivity contribution >= 4 is 39.2 Å². The van der Waals surface area contributed by atoms with Gasteiger partial charge in [-0.25, -0.2) is 13.2 Å². The van der Waals surface area contributed by atoms with Crippen molar-refractivity contribution in [1.29, 1.82) is 0 Å². The fourth-order valence-electron chi connectivity index (χ4n) is 2.42. The first-order chi connectivity index (χ1) is 12.6. The van der Waals surface area contributed by atoms with Gasteiger partial charge in [0.1, 0.15) is 6.04 Å². The zero-order valence-electron chi connectivity index (χ0n) is 15.0. The van der Waals surface area contributed by atoms with Crippen molar-refractivity contribution in [1.82, 2.24) is 4.31 Å². The number of benzene rings is 2. The van der Waals surface area contributed by atoms with Gasteiger partial charge in [0.15, 0.2) is 0 Å². The van der Waals surface area contributed by atoms with E-state index in [9.17, 15) is 18.0 Å². The molecule has 0 unspecified atom stereocenters. The summed E-state index contributed by atoms with van der Waals surface area (Å²) in [4.78, 5) is 24.6. The summed E-state index contributed by atoms with van der Waals surface area (Å²) in [6.45, 7) is 0. The number of ether oxygens (including phenoxy) is 1. The zero-order chi connectivity index (χ0) is 20.2. The highest BCUT2D eigenvalue weighted by molar-refractivity contribution is 7.88. The Hall–Kier alpha value is -2.42. The predicted octanol–water partition coefficient (Wildman–Crippen LogP) is 2.70. The van der Waals surface area contributed by atoms with Crippen molar-refractivity contribution in [2.45, 2.75) is 6.04 Å². The molecule has 2 aromatic rings. The van der Waals surface area contributed by atoms with Crippen LogP contribution in [0.4, 0.5) is 5.69 Å². The average Bonchev–Trinajstić information content (AvgIpc) is 2.63. The number of halogens is 1. The van der Waals surface area contributed by atoms with Crippen LogP contribution in [0.25, 0.3) is 0 Å². The lowest BCUT2D eigenvalue weighted by atomic mass is 10.1. The van der Waals surface area contributed by atoms with Crippen LogP contribution in [0.5, 0.6) is 0 Å². The van der Waals surface area contributed by atoms with Crippen LogP contribution >= 0.6 is 11.6 Å². The molecule has 0 aliphatic heterocycles. The van der Waals surface area contributed by atoms with Crippen LogP contribution < -0.4 is 5.32 Å². The van der Waals surface area contributed by atoms with Crippen molar-refractivity contribution in [2.75, 3.05) is 25.7 Å². The largest absolute Gasteiger partial charge is 0.465 e. The molecule has 144 valence electrons. The summed E-state index contributed by atoms with van der Waals surface area (Å²) in [5.74, 6) is -1.20. The molecule has 1 N–H and O–H groups in total. The quantitative estimate of drug-likeness (QED) is 0.739. The van der Waals surface area contributed by atoms with Crippen LogP contribution in [0.2, 0.25) is 5.02 Å². The van der Waals surface area contributed by atoms with Crippen LogP contribution in [0, 0.1) is 0 Å². The molecule has 0 aliphatic carbocycles. The Labute approximate surface area is 162 Å². The summed E-state index contributed by atoms with van der Waals surface area (Å²) in [5, 5.41) is 2.80. The molecular weight excluding hydrogens is 392 g/mol. The number of anilines is 1. The molecule has 0 saturated carbocycles. The van der Waals surface area contributed by atoms with E-state index in [0.29, 0.717) is 5.56 Å². The van der Waals surface area contributed by atoms with E-state index >= 15 is 0 Å². The first-order valence-corrected chi connectivity index (χ1v) is 10.0. The first-order valence-electron chi connectivity index (χ1n) is 7.82. The molecule has 7 nitrogen and oxygen atoms in total. The van der Waals surface area contributed by atoms with Crippen molar-refractivity contribution in [2.24, 2.45) is 0 Å². The second-order valence-electron chi connectivity index (χ2n) is 5.77. The number of carbonyl (C=O) groups is 2. The standard InChI is InChI=1S/C18H19ClN2O5S/c1-21(27(3,24)25)16(12-7-5-4-6-8-12)17(22)20-15-11-13(18(23)26-2)9-10-14(15)19/h4-11,16H,1-3H3,(H,20,22)/t16-/m1/s1. The van der Waals surface area contributed by atoms with Gasteiger partial charge in [-0.05, 0) is 23.8 Å². The number of sulfonamides is 1. The van der Waals surface area contributed by atoms with Crippen LogP contribution in [0.15, 0.2) is 48.5 Å². The topological polar surface area (TPSA) is 92.8 Å². The molecule has 0 heterocycles. The molecule has 0 radical (unpaired) electrons. The number of rotatable bonds is 6. The van der Waals surface area contributed by atoms with Gasteiger partial charge in [0.05, 0.1) is 29.6 Å². The van der Waals surface area contributed by atoms with Gasteiger partial charge in [0, 0.05) is 7.05 Å². The van der Waals surface area contributed by atoms with E-state index in [2.05, 4.69) is 10.1 Å². The summed E-state index contributed by atoms with van der Waals surface area (Å²) < 4.78 is 29.6. The summed E-state index contributed by atoms with van der Waals surface area (Å²) in [6.07, 6.45) is 1.01. The van der Waals surface area contributed by atoms with E-state index in [4.69, 9.17) is 11.6 Å². The molecule has 0 aromatic heterocycles. The van der Waals surface area contributed by atoms with Gasteiger partial charge in [-0.2, -0.15) is 4.31 Å². The Morgan fingerprint density at radius 2 is 1.78 bits per heavy atom. The Morgan fingerprint density at radius 1 is 1.15 bits per heavy atom. The van der Waals surface area contributed by atoms with Crippen molar-refractivity contribution in [3.05, 3.63) is 64.7 Å². The van der Waals surface area contributed by atoms with E-state index in [1.54, 1.807) is 30.3 Å². The normalized spacial score (nSPS) is 12.5. The number of carbonyl (C=O) groups excluding carboxylic acids is 2. The SMILES string of the molecule is COC(=O)c1ccc(Cl)c(NC(=O)[C@@H](c2ccccc2)N(C)S(C)(=O)=O)c1. The molecule has 1 atom stereocenters. The first kappa shape index (κ1) is 20.9. The molecule has 0 aliphatic rings. The smallest absolute Gasteiger partial charge is 0.337 e. The van der Waals surface area contributed by atoms with Crippen molar-refractivity contribution in [3.8, 4) is 0 Å². The van der Waals surface area contributed by atoms with Crippen LogP contribution in [0.3, 0.4) is 0 Å². The lowest BCUT2D eigenvalue weighted by Crippen LogP contribution is -2.38. The van der Waals surface area contributed by atoms with Gasteiger partial charge in [-0.3, -0.25) is 4.79 Å². The number of nitrogens with one attached hydrogen (secondary N) is 1. The summed E-state index contributed by atoms with van der Waals surface area (Å²) in [6, 6.07) is 11.6. The summed E-state index contributed by atoms with van der Waals surface area (Å²) in [7, 11) is -1.10. The maximum absolute atomic E-state index is 12.9. The minimum absolute atomic E-state index is 0.174. The highest BCUT2D eigenvalue weighted by Gasteiger charge is 2.31. The monoisotopic (exact) mass is 410 g/mol. The minimum atomic E-state index is -3.66. The lowest BCUT2D eigenvalue weighted by Gasteiger charge is -2.26. The molecule has 0 spiro atoms. The van der Waals surface area contributed by atoms with E-state index in [1.807, 2.05) is 0 Å². The molecule has 1 amide bonds. The molecule has 0 bridgehead atoms. The third-order valence-electron chi connectivity index (χ3n) is 3.90. The van der Waals surface area contributed by atoms with E-state index in [1.165, 1.54) is 32.4 Å². The fraction of sp³-hybridized carbons (Fsp3) is 0.222. The fourth-order valence-corrected chi connectivity index (χ4v) is 3.19. The second kappa shape index (κ2) is 8.51. The van der Waals surface area contributed by atoms with E-state index in [-0.39, 0.29) is 16.3 Å². The molecule has 0 fully saturated rings. The molecule has 2 aromatic carbocycles. The Kier molecular flexibility index (Phi) is 6.59. The molecular formula is C18H19ClN2O5S. The number of hydrogen-bond donors (Lipinski definition) is 1. The number of amides is 1. The number of likely N-dealkylation sites (N-methyl/N-ethyl adjacent to an activating group) is 1. The van der Waals surface area contributed by atoms with Crippen molar-refractivity contribution < 1.29 is 22.7 Å². The van der Waals surface area contributed by atoms with E-state index in [0.717, 1.165) is 10.6 Å². The van der Waals surface area contributed by atoms with Gasteiger partial charge >= 0.3 is 5.97 Å². The average molecular weight is 411 g/mol. The third-order valence-corrected chi connectivity index (χ3v) is 5.48. The van der Waals surface area contributed by atoms with Gasteiger partial charge in [-0.1, -0.05) is 41.9 Å². The predicted molar refractivity (Wildman–Crippen MR) is 103 cm³/mol. The van der Waals surface area contributed by atoms with Gasteiger partial charge in [0.2, 0.25) is 15.9 Å². The van der Waals surface area contributed by atoms with Crippen LogP contribution in [0.1, 0.15) is 22.0 Å². The minimum Gasteiger partial charge on any atom is -0.465 e. The highest BCUT2D eigenvalue weighted by Crippen LogP contribution is 2.27.